The van der Waals surface area contributed by atoms with E-state index >= 15 is 0 Å². The molecule has 2 N–H and O–H groups in total. The number of aromatic nitrogens is 4. The third kappa shape index (κ3) is 2.88. The highest BCUT2D eigenvalue weighted by molar-refractivity contribution is 5.43. The van der Waals surface area contributed by atoms with Gasteiger partial charge >= 0.3 is 0 Å². The van der Waals surface area contributed by atoms with Gasteiger partial charge in [-0.1, -0.05) is 0 Å². The molecule has 7 nitrogen and oxygen atoms in total. The van der Waals surface area contributed by atoms with Crippen LogP contribution in [0.15, 0.2) is 24.5 Å². The zero-order chi connectivity index (χ0) is 13.9. The number of anilines is 2. The van der Waals surface area contributed by atoms with Gasteiger partial charge in [0.2, 0.25) is 5.95 Å². The van der Waals surface area contributed by atoms with E-state index in [1.165, 1.54) is 0 Å². The number of nitrogens with two attached hydrogens (primary N) is 1. The summed E-state index contributed by atoms with van der Waals surface area (Å²) in [6.45, 7) is 4.92. The highest BCUT2D eigenvalue weighted by atomic mass is 16.5. The van der Waals surface area contributed by atoms with Crippen LogP contribution in [0.4, 0.5) is 11.8 Å². The predicted molar refractivity (Wildman–Crippen MR) is 75.4 cm³/mol. The second-order valence-electron chi connectivity index (χ2n) is 4.89. The Balaban J connectivity index is 1.71. The van der Waals surface area contributed by atoms with Crippen molar-refractivity contribution in [1.29, 1.82) is 0 Å². The second kappa shape index (κ2) is 5.46. The molecular formula is C13H18N6O. The van der Waals surface area contributed by atoms with Crippen molar-refractivity contribution in [3.8, 4) is 0 Å². The molecule has 1 aliphatic heterocycles. The third-order valence-electron chi connectivity index (χ3n) is 3.27. The molecule has 0 spiro atoms. The van der Waals surface area contributed by atoms with Gasteiger partial charge in [-0.15, -0.1) is 0 Å². The molecule has 0 radical (unpaired) electrons. The molecule has 3 heterocycles. The first-order chi connectivity index (χ1) is 9.70. The van der Waals surface area contributed by atoms with E-state index in [1.807, 2.05) is 29.9 Å². The minimum atomic E-state index is 0.0974. The van der Waals surface area contributed by atoms with Crippen LogP contribution < -0.4 is 10.6 Å². The lowest BCUT2D eigenvalue weighted by Gasteiger charge is -2.33. The van der Waals surface area contributed by atoms with Gasteiger partial charge in [0.25, 0.3) is 0 Å². The highest BCUT2D eigenvalue weighted by Crippen LogP contribution is 2.17. The number of rotatable bonds is 3. The molecule has 1 saturated heterocycles. The Bertz CT molecular complexity index is 550. The van der Waals surface area contributed by atoms with Crippen LogP contribution in [0.5, 0.6) is 0 Å². The minimum Gasteiger partial charge on any atom is -0.373 e. The van der Waals surface area contributed by atoms with E-state index in [9.17, 15) is 0 Å². The number of aryl methyl sites for hydroxylation is 1. The summed E-state index contributed by atoms with van der Waals surface area (Å²) in [5, 5.41) is 4.21. The van der Waals surface area contributed by atoms with Crippen molar-refractivity contribution < 1.29 is 4.74 Å². The Labute approximate surface area is 117 Å². The summed E-state index contributed by atoms with van der Waals surface area (Å²) in [6.07, 6.45) is 3.81. The number of morpholine rings is 1. The van der Waals surface area contributed by atoms with E-state index in [4.69, 9.17) is 10.5 Å². The minimum absolute atomic E-state index is 0.0974. The average molecular weight is 274 g/mol. The van der Waals surface area contributed by atoms with Gasteiger partial charge in [-0.25, -0.2) is 4.98 Å². The topological polar surface area (TPSA) is 82.1 Å². The highest BCUT2D eigenvalue weighted by Gasteiger charge is 2.22. The predicted octanol–water partition coefficient (Wildman–Crippen LogP) is 0.469. The zero-order valence-corrected chi connectivity index (χ0v) is 11.4. The van der Waals surface area contributed by atoms with E-state index in [-0.39, 0.29) is 6.10 Å². The smallest absolute Gasteiger partial charge is 0.222 e. The maximum atomic E-state index is 5.79. The first-order valence-electron chi connectivity index (χ1n) is 6.66. The van der Waals surface area contributed by atoms with Gasteiger partial charge in [0.05, 0.1) is 19.3 Å². The Kier molecular flexibility index (Phi) is 3.51. The summed E-state index contributed by atoms with van der Waals surface area (Å²) in [5.41, 5.74) is 6.59. The van der Waals surface area contributed by atoms with E-state index in [0.717, 1.165) is 31.1 Å². The molecule has 2 aromatic heterocycles. The van der Waals surface area contributed by atoms with Gasteiger partial charge in [0.1, 0.15) is 5.82 Å². The molecule has 106 valence electrons. The number of hydrogen-bond donors (Lipinski definition) is 1. The first-order valence-corrected chi connectivity index (χ1v) is 6.66. The number of nitrogen functional groups attached to an aromatic ring is 1. The molecule has 0 saturated carbocycles. The zero-order valence-electron chi connectivity index (χ0n) is 11.4. The summed E-state index contributed by atoms with van der Waals surface area (Å²) in [6, 6.07) is 3.86. The molecule has 20 heavy (non-hydrogen) atoms. The van der Waals surface area contributed by atoms with E-state index < -0.39 is 0 Å². The molecule has 7 heteroatoms. The van der Waals surface area contributed by atoms with Gasteiger partial charge in [0.15, 0.2) is 0 Å². The Morgan fingerprint density at radius 2 is 2.35 bits per heavy atom. The van der Waals surface area contributed by atoms with Crippen LogP contribution in [0, 0.1) is 6.92 Å². The van der Waals surface area contributed by atoms with Crippen molar-refractivity contribution in [3.63, 3.8) is 0 Å². The molecule has 0 unspecified atom stereocenters. The molecule has 0 bridgehead atoms. The fourth-order valence-corrected chi connectivity index (χ4v) is 2.39. The maximum absolute atomic E-state index is 5.79. The quantitative estimate of drug-likeness (QED) is 0.876. The Morgan fingerprint density at radius 3 is 3.10 bits per heavy atom. The molecule has 1 fully saturated rings. The monoisotopic (exact) mass is 274 g/mol. The summed E-state index contributed by atoms with van der Waals surface area (Å²) in [5.74, 6) is 1.18. The summed E-state index contributed by atoms with van der Waals surface area (Å²) < 4.78 is 7.67. The molecule has 1 aliphatic rings. The lowest BCUT2D eigenvalue weighted by atomic mass is 10.2. The molecule has 0 amide bonds. The van der Waals surface area contributed by atoms with Crippen LogP contribution in [0.2, 0.25) is 0 Å². The van der Waals surface area contributed by atoms with Gasteiger partial charge < -0.3 is 15.4 Å². The van der Waals surface area contributed by atoms with Gasteiger partial charge in [-0.2, -0.15) is 10.1 Å². The van der Waals surface area contributed by atoms with Crippen LogP contribution in [0.1, 0.15) is 5.69 Å². The molecule has 3 rings (SSSR count). The Hall–Kier alpha value is -2.15. The number of nitrogens with zero attached hydrogens (tertiary/aromatic N) is 5. The van der Waals surface area contributed by atoms with E-state index in [0.29, 0.717) is 12.6 Å². The Morgan fingerprint density at radius 1 is 1.45 bits per heavy atom. The van der Waals surface area contributed by atoms with Crippen molar-refractivity contribution in [1.82, 2.24) is 19.7 Å². The summed E-state index contributed by atoms with van der Waals surface area (Å²) in [4.78, 5) is 10.6. The van der Waals surface area contributed by atoms with Gasteiger partial charge in [-0.05, 0) is 13.0 Å². The van der Waals surface area contributed by atoms with E-state index in [2.05, 4.69) is 20.0 Å². The van der Waals surface area contributed by atoms with Crippen molar-refractivity contribution in [3.05, 3.63) is 30.2 Å². The van der Waals surface area contributed by atoms with Crippen molar-refractivity contribution in [2.45, 2.75) is 19.6 Å². The van der Waals surface area contributed by atoms with Crippen LogP contribution >= 0.6 is 0 Å². The molecule has 0 aromatic carbocycles. The standard InChI is InChI=1S/C13H18N6O/c1-10-7-12(17-13(14)16-10)18-5-6-20-11(8-18)9-19-4-2-3-15-19/h2-4,7,11H,5-6,8-9H2,1H3,(H2,14,16,17)/t11-/m0/s1. The molecule has 1 atom stereocenters. The van der Waals surface area contributed by atoms with Crippen molar-refractivity contribution in [2.24, 2.45) is 0 Å². The number of ether oxygens (including phenoxy) is 1. The normalized spacial score (nSPS) is 19.2. The maximum Gasteiger partial charge on any atom is 0.222 e. The third-order valence-corrected chi connectivity index (χ3v) is 3.27. The average Bonchev–Trinajstić information content (AvgIpc) is 2.91. The van der Waals surface area contributed by atoms with E-state index in [1.54, 1.807) is 6.20 Å². The van der Waals surface area contributed by atoms with Crippen molar-refractivity contribution >= 4 is 11.8 Å². The lowest BCUT2D eigenvalue weighted by molar-refractivity contribution is 0.0272. The SMILES string of the molecule is Cc1cc(N2CCO[C@H](Cn3cccn3)C2)nc(N)n1. The fraction of sp³-hybridized carbons (Fsp3) is 0.462. The van der Waals surface area contributed by atoms with Crippen LogP contribution in [0.25, 0.3) is 0 Å². The van der Waals surface area contributed by atoms with Gasteiger partial charge in [-0.3, -0.25) is 4.68 Å². The summed E-state index contributed by atoms with van der Waals surface area (Å²) >= 11 is 0. The van der Waals surface area contributed by atoms with Gasteiger partial charge in [0, 0.05) is 37.2 Å². The van der Waals surface area contributed by atoms with Crippen LogP contribution in [-0.4, -0.2) is 45.5 Å². The van der Waals surface area contributed by atoms with Crippen LogP contribution in [0.3, 0.4) is 0 Å². The molecule has 2 aromatic rings. The summed E-state index contributed by atoms with van der Waals surface area (Å²) in [7, 11) is 0. The lowest BCUT2D eigenvalue weighted by Crippen LogP contribution is -2.44. The van der Waals surface area contributed by atoms with Crippen molar-refractivity contribution in [2.75, 3.05) is 30.3 Å². The first kappa shape index (κ1) is 12.9. The largest absolute Gasteiger partial charge is 0.373 e. The molecular weight excluding hydrogens is 256 g/mol. The molecule has 0 aliphatic carbocycles. The fourth-order valence-electron chi connectivity index (χ4n) is 2.39. The van der Waals surface area contributed by atoms with Crippen LogP contribution in [-0.2, 0) is 11.3 Å². The second-order valence-corrected chi connectivity index (χ2v) is 4.89. The number of hydrogen-bond acceptors (Lipinski definition) is 6.